The Morgan fingerprint density at radius 3 is 2.83 bits per heavy atom. The molecule has 0 saturated carbocycles. The van der Waals surface area contributed by atoms with Crippen LogP contribution in [0.25, 0.3) is 0 Å². The minimum Gasteiger partial charge on any atom is -0.349 e. The number of piperazine rings is 1. The SMILES string of the molecule is CC1C(=O)NC(=O)CN1c1ccc(C#N)cc1Cl. The Morgan fingerprint density at radius 1 is 1.50 bits per heavy atom. The number of nitrogens with one attached hydrogen (secondary N) is 1. The number of amides is 2. The molecule has 0 bridgehead atoms. The maximum Gasteiger partial charge on any atom is 0.249 e. The summed E-state index contributed by atoms with van der Waals surface area (Å²) in [5.74, 6) is -0.717. The number of hydrogen-bond donors (Lipinski definition) is 1. The molecular weight excluding hydrogens is 254 g/mol. The first-order valence-electron chi connectivity index (χ1n) is 5.33. The molecule has 5 nitrogen and oxygen atoms in total. The minimum absolute atomic E-state index is 0.0680. The average Bonchev–Trinajstić information content (AvgIpc) is 2.34. The quantitative estimate of drug-likeness (QED) is 0.769. The first kappa shape index (κ1) is 12.4. The van der Waals surface area contributed by atoms with Crippen molar-refractivity contribution in [3.8, 4) is 6.07 Å². The molecule has 0 radical (unpaired) electrons. The summed E-state index contributed by atoms with van der Waals surface area (Å²) >= 11 is 6.07. The van der Waals surface area contributed by atoms with Gasteiger partial charge in [-0.1, -0.05) is 11.6 Å². The summed E-state index contributed by atoms with van der Waals surface area (Å²) in [4.78, 5) is 24.5. The monoisotopic (exact) mass is 263 g/mol. The number of rotatable bonds is 1. The van der Waals surface area contributed by atoms with Crippen LogP contribution in [0.15, 0.2) is 18.2 Å². The van der Waals surface area contributed by atoms with E-state index >= 15 is 0 Å². The molecule has 1 unspecified atom stereocenters. The fraction of sp³-hybridized carbons (Fsp3) is 0.250. The van der Waals surface area contributed by atoms with Gasteiger partial charge >= 0.3 is 0 Å². The number of nitriles is 1. The Balaban J connectivity index is 2.39. The van der Waals surface area contributed by atoms with E-state index in [1.165, 1.54) is 6.07 Å². The third-order valence-corrected chi connectivity index (χ3v) is 3.11. The maximum atomic E-state index is 11.6. The number of nitrogens with zero attached hydrogens (tertiary/aromatic N) is 2. The van der Waals surface area contributed by atoms with Gasteiger partial charge in [-0.25, -0.2) is 0 Å². The van der Waals surface area contributed by atoms with Crippen LogP contribution in [0.1, 0.15) is 12.5 Å². The van der Waals surface area contributed by atoms with Crippen LogP contribution in [0.5, 0.6) is 0 Å². The van der Waals surface area contributed by atoms with E-state index in [0.717, 1.165) is 0 Å². The molecule has 18 heavy (non-hydrogen) atoms. The van der Waals surface area contributed by atoms with Crippen LogP contribution >= 0.6 is 11.6 Å². The zero-order valence-electron chi connectivity index (χ0n) is 9.61. The molecule has 1 aromatic rings. The van der Waals surface area contributed by atoms with Crippen LogP contribution < -0.4 is 10.2 Å². The van der Waals surface area contributed by atoms with E-state index in [-0.39, 0.29) is 18.4 Å². The molecule has 0 spiro atoms. The van der Waals surface area contributed by atoms with Crippen molar-refractivity contribution in [3.63, 3.8) is 0 Å². The summed E-state index contributed by atoms with van der Waals surface area (Å²) in [6.45, 7) is 1.76. The number of anilines is 1. The first-order chi connectivity index (χ1) is 8.52. The van der Waals surface area contributed by atoms with Crippen molar-refractivity contribution >= 4 is 29.1 Å². The number of imide groups is 1. The molecule has 1 aliphatic rings. The van der Waals surface area contributed by atoms with Crippen molar-refractivity contribution < 1.29 is 9.59 Å². The normalized spacial score (nSPS) is 19.4. The molecule has 0 aromatic heterocycles. The van der Waals surface area contributed by atoms with Crippen LogP contribution in [0.4, 0.5) is 5.69 Å². The molecule has 6 heteroatoms. The van der Waals surface area contributed by atoms with E-state index in [1.807, 2.05) is 6.07 Å². The second kappa shape index (κ2) is 4.67. The van der Waals surface area contributed by atoms with Gasteiger partial charge in [0.1, 0.15) is 6.04 Å². The zero-order valence-corrected chi connectivity index (χ0v) is 10.4. The topological polar surface area (TPSA) is 73.2 Å². The van der Waals surface area contributed by atoms with Crippen LogP contribution in [0, 0.1) is 11.3 Å². The predicted octanol–water partition coefficient (Wildman–Crippen LogP) is 1.06. The number of benzene rings is 1. The highest BCUT2D eigenvalue weighted by Gasteiger charge is 2.31. The Hall–Kier alpha value is -2.06. The van der Waals surface area contributed by atoms with Gasteiger partial charge in [0, 0.05) is 0 Å². The molecule has 0 aliphatic carbocycles. The third-order valence-electron chi connectivity index (χ3n) is 2.81. The van der Waals surface area contributed by atoms with Crippen molar-refractivity contribution in [2.45, 2.75) is 13.0 Å². The Kier molecular flexibility index (Phi) is 3.21. The van der Waals surface area contributed by atoms with E-state index in [9.17, 15) is 9.59 Å². The zero-order chi connectivity index (χ0) is 13.3. The molecule has 1 heterocycles. The van der Waals surface area contributed by atoms with Gasteiger partial charge in [0.25, 0.3) is 0 Å². The van der Waals surface area contributed by atoms with E-state index in [2.05, 4.69) is 5.32 Å². The van der Waals surface area contributed by atoms with Gasteiger partial charge < -0.3 is 4.90 Å². The maximum absolute atomic E-state index is 11.6. The highest BCUT2D eigenvalue weighted by Crippen LogP contribution is 2.29. The van der Waals surface area contributed by atoms with Gasteiger partial charge in [0.05, 0.1) is 28.9 Å². The van der Waals surface area contributed by atoms with Gasteiger partial charge in [-0.2, -0.15) is 5.26 Å². The molecule has 2 amide bonds. The van der Waals surface area contributed by atoms with E-state index < -0.39 is 6.04 Å². The average molecular weight is 264 g/mol. The standard InChI is InChI=1S/C12H10ClN3O2/c1-7-12(18)15-11(17)6-16(7)10-3-2-8(5-14)4-9(10)13/h2-4,7H,6H2,1H3,(H,15,17,18). The molecule has 1 aliphatic heterocycles. The Labute approximate surface area is 109 Å². The Morgan fingerprint density at radius 2 is 2.22 bits per heavy atom. The fourth-order valence-electron chi connectivity index (χ4n) is 1.82. The van der Waals surface area contributed by atoms with Crippen LogP contribution in [-0.2, 0) is 9.59 Å². The van der Waals surface area contributed by atoms with Crippen LogP contribution in [0.2, 0.25) is 5.02 Å². The lowest BCUT2D eigenvalue weighted by Gasteiger charge is -2.34. The predicted molar refractivity (Wildman–Crippen MR) is 66.1 cm³/mol. The van der Waals surface area contributed by atoms with Crippen molar-refractivity contribution in [1.29, 1.82) is 5.26 Å². The highest BCUT2D eigenvalue weighted by molar-refractivity contribution is 6.33. The molecule has 1 fully saturated rings. The van der Waals surface area contributed by atoms with Gasteiger partial charge in [-0.05, 0) is 25.1 Å². The number of halogens is 1. The summed E-state index contributed by atoms with van der Waals surface area (Å²) in [5.41, 5.74) is 1.01. The number of carbonyl (C=O) groups is 2. The van der Waals surface area contributed by atoms with Crippen molar-refractivity contribution in [3.05, 3.63) is 28.8 Å². The van der Waals surface area contributed by atoms with Gasteiger partial charge in [0.15, 0.2) is 0 Å². The highest BCUT2D eigenvalue weighted by atomic mass is 35.5. The number of carbonyl (C=O) groups excluding carboxylic acids is 2. The molecular formula is C12H10ClN3O2. The summed E-state index contributed by atoms with van der Waals surface area (Å²) in [6, 6.07) is 6.26. The van der Waals surface area contributed by atoms with Crippen molar-refractivity contribution in [1.82, 2.24) is 5.32 Å². The van der Waals surface area contributed by atoms with E-state index in [1.54, 1.807) is 24.0 Å². The molecule has 2 rings (SSSR count). The van der Waals surface area contributed by atoms with Gasteiger partial charge in [-0.3, -0.25) is 14.9 Å². The van der Waals surface area contributed by atoms with Crippen molar-refractivity contribution in [2.24, 2.45) is 0 Å². The second-order valence-electron chi connectivity index (χ2n) is 3.99. The van der Waals surface area contributed by atoms with Crippen molar-refractivity contribution in [2.75, 3.05) is 11.4 Å². The minimum atomic E-state index is -0.479. The van der Waals surface area contributed by atoms with Crippen LogP contribution in [-0.4, -0.2) is 24.4 Å². The lowest BCUT2D eigenvalue weighted by Crippen LogP contribution is -2.57. The largest absolute Gasteiger partial charge is 0.349 e. The van der Waals surface area contributed by atoms with Gasteiger partial charge in [0.2, 0.25) is 11.8 Å². The second-order valence-corrected chi connectivity index (χ2v) is 4.40. The first-order valence-corrected chi connectivity index (χ1v) is 5.70. The lowest BCUT2D eigenvalue weighted by molar-refractivity contribution is -0.132. The number of hydrogen-bond acceptors (Lipinski definition) is 4. The molecule has 1 aromatic carbocycles. The molecule has 92 valence electrons. The van der Waals surface area contributed by atoms with E-state index in [0.29, 0.717) is 16.3 Å². The van der Waals surface area contributed by atoms with Gasteiger partial charge in [-0.15, -0.1) is 0 Å². The molecule has 1 N–H and O–H groups in total. The summed E-state index contributed by atoms with van der Waals surface area (Å²) in [7, 11) is 0. The Bertz CT molecular complexity index is 565. The smallest absolute Gasteiger partial charge is 0.249 e. The fourth-order valence-corrected chi connectivity index (χ4v) is 2.11. The lowest BCUT2D eigenvalue weighted by atomic mass is 10.1. The molecule has 1 atom stereocenters. The third kappa shape index (κ3) is 2.15. The summed E-state index contributed by atoms with van der Waals surface area (Å²) in [6.07, 6.45) is 0. The molecule has 1 saturated heterocycles. The summed E-state index contributed by atoms with van der Waals surface area (Å²) < 4.78 is 0. The van der Waals surface area contributed by atoms with Crippen LogP contribution in [0.3, 0.4) is 0 Å². The van der Waals surface area contributed by atoms with E-state index in [4.69, 9.17) is 16.9 Å². The summed E-state index contributed by atoms with van der Waals surface area (Å²) in [5, 5.41) is 11.4.